The maximum absolute atomic E-state index is 12.0. The van der Waals surface area contributed by atoms with Crippen molar-refractivity contribution >= 4 is 17.3 Å². The van der Waals surface area contributed by atoms with Crippen LogP contribution in [0.1, 0.15) is 12.5 Å². The van der Waals surface area contributed by atoms with Crippen molar-refractivity contribution in [1.82, 2.24) is 5.32 Å². The van der Waals surface area contributed by atoms with E-state index in [1.54, 1.807) is 19.9 Å². The van der Waals surface area contributed by atoms with Crippen LogP contribution in [-0.4, -0.2) is 23.9 Å². The van der Waals surface area contributed by atoms with Gasteiger partial charge in [-0.1, -0.05) is 0 Å². The van der Waals surface area contributed by atoms with Crippen LogP contribution >= 0.6 is 0 Å². The Kier molecular flexibility index (Phi) is 3.62. The summed E-state index contributed by atoms with van der Waals surface area (Å²) in [7, 11) is 0. The Labute approximate surface area is 110 Å². The van der Waals surface area contributed by atoms with Crippen LogP contribution in [0.15, 0.2) is 29.3 Å². The van der Waals surface area contributed by atoms with Crippen molar-refractivity contribution < 1.29 is 9.72 Å². The van der Waals surface area contributed by atoms with Gasteiger partial charge in [0.1, 0.15) is 0 Å². The molecule has 0 aliphatic carbocycles. The Morgan fingerprint density at radius 3 is 2.58 bits per heavy atom. The number of hydrogen-bond acceptors (Lipinski definition) is 4. The van der Waals surface area contributed by atoms with Gasteiger partial charge >= 0.3 is 0 Å². The van der Waals surface area contributed by atoms with Crippen molar-refractivity contribution in [2.45, 2.75) is 13.8 Å². The van der Waals surface area contributed by atoms with Gasteiger partial charge in [-0.15, -0.1) is 0 Å². The molecule has 1 aromatic rings. The highest BCUT2D eigenvalue weighted by atomic mass is 16.6. The first-order valence-corrected chi connectivity index (χ1v) is 5.95. The lowest BCUT2D eigenvalue weighted by Gasteiger charge is -2.21. The van der Waals surface area contributed by atoms with Crippen molar-refractivity contribution in [2.24, 2.45) is 0 Å². The molecule has 1 saturated heterocycles. The van der Waals surface area contributed by atoms with Crippen molar-refractivity contribution in [3.8, 4) is 0 Å². The fourth-order valence-corrected chi connectivity index (χ4v) is 1.79. The summed E-state index contributed by atoms with van der Waals surface area (Å²) in [5.41, 5.74) is 3.09. The normalized spacial score (nSPS) is 13.7. The second kappa shape index (κ2) is 5.19. The molecule has 1 fully saturated rings. The molecule has 0 atom stereocenters. The number of nitrogens with one attached hydrogen (secondary N) is 2. The summed E-state index contributed by atoms with van der Waals surface area (Å²) in [4.78, 5) is 22.2. The molecule has 1 aliphatic heterocycles. The Morgan fingerprint density at radius 2 is 2.11 bits per heavy atom. The quantitative estimate of drug-likeness (QED) is 0.493. The highest BCUT2D eigenvalue weighted by Gasteiger charge is 2.17. The molecule has 100 valence electrons. The molecular weight excluding hydrogens is 246 g/mol. The number of amides is 1. The summed E-state index contributed by atoms with van der Waals surface area (Å²) >= 11 is 0. The monoisotopic (exact) mass is 261 g/mol. The number of rotatable bonds is 3. The van der Waals surface area contributed by atoms with Gasteiger partial charge in [0.2, 0.25) is 0 Å². The standard InChI is InChI=1S/C13H15N3O3/c1-8-5-11(16(18)19)3-4-12(8)15-13(17)9(2)10-6-14-7-10/h3-5,14H,6-7H2,1-2H3,(H,15,17). The van der Waals surface area contributed by atoms with Gasteiger partial charge in [-0.25, -0.2) is 0 Å². The second-order valence-electron chi connectivity index (χ2n) is 4.54. The number of hydrogen-bond donors (Lipinski definition) is 2. The van der Waals surface area contributed by atoms with E-state index in [0.717, 1.165) is 18.7 Å². The van der Waals surface area contributed by atoms with E-state index in [1.807, 2.05) is 0 Å². The van der Waals surface area contributed by atoms with E-state index in [0.29, 0.717) is 16.8 Å². The van der Waals surface area contributed by atoms with Crippen LogP contribution in [0.5, 0.6) is 0 Å². The number of anilines is 1. The number of non-ortho nitro benzene ring substituents is 1. The van der Waals surface area contributed by atoms with Crippen LogP contribution in [0.2, 0.25) is 0 Å². The minimum atomic E-state index is -0.453. The Hall–Kier alpha value is -2.21. The van der Waals surface area contributed by atoms with E-state index in [1.165, 1.54) is 12.1 Å². The molecule has 0 aromatic heterocycles. The van der Waals surface area contributed by atoms with Gasteiger partial charge in [0, 0.05) is 36.5 Å². The van der Waals surface area contributed by atoms with E-state index in [-0.39, 0.29) is 11.6 Å². The maximum Gasteiger partial charge on any atom is 0.269 e. The average molecular weight is 261 g/mol. The minimum Gasteiger partial charge on any atom is -0.322 e. The molecule has 0 unspecified atom stereocenters. The Bertz CT molecular complexity index is 572. The van der Waals surface area contributed by atoms with Gasteiger partial charge < -0.3 is 10.6 Å². The first-order chi connectivity index (χ1) is 8.99. The van der Waals surface area contributed by atoms with Crippen molar-refractivity contribution in [2.75, 3.05) is 18.4 Å². The zero-order valence-corrected chi connectivity index (χ0v) is 10.8. The number of nitro benzene ring substituents is 1. The number of nitro groups is 1. The second-order valence-corrected chi connectivity index (χ2v) is 4.54. The number of carbonyl (C=O) groups excluding carboxylic acids is 1. The van der Waals surface area contributed by atoms with Crippen LogP contribution in [0.4, 0.5) is 11.4 Å². The number of carbonyl (C=O) groups is 1. The molecule has 0 bridgehead atoms. The summed E-state index contributed by atoms with van der Waals surface area (Å²) in [6, 6.07) is 4.39. The molecule has 19 heavy (non-hydrogen) atoms. The van der Waals surface area contributed by atoms with E-state index < -0.39 is 4.92 Å². The largest absolute Gasteiger partial charge is 0.322 e. The summed E-state index contributed by atoms with van der Waals surface area (Å²) in [6.45, 7) is 5.01. The smallest absolute Gasteiger partial charge is 0.269 e. The molecule has 2 rings (SSSR count). The molecule has 1 aromatic carbocycles. The summed E-state index contributed by atoms with van der Waals surface area (Å²) in [5, 5.41) is 16.5. The molecule has 1 heterocycles. The lowest BCUT2D eigenvalue weighted by Crippen LogP contribution is -2.36. The topological polar surface area (TPSA) is 84.3 Å². The van der Waals surface area contributed by atoms with Gasteiger partial charge in [0.15, 0.2) is 0 Å². The minimum absolute atomic E-state index is 0.0220. The highest BCUT2D eigenvalue weighted by Crippen LogP contribution is 2.22. The van der Waals surface area contributed by atoms with Crippen LogP contribution in [0.3, 0.4) is 0 Å². The maximum atomic E-state index is 12.0. The number of benzene rings is 1. The first-order valence-electron chi connectivity index (χ1n) is 5.95. The van der Waals surface area contributed by atoms with Gasteiger partial charge in [-0.05, 0) is 31.1 Å². The van der Waals surface area contributed by atoms with Gasteiger partial charge in [-0.3, -0.25) is 14.9 Å². The first kappa shape index (κ1) is 13.2. The third-order valence-electron chi connectivity index (χ3n) is 3.22. The molecule has 0 saturated carbocycles. The molecule has 0 spiro atoms. The molecule has 1 aliphatic rings. The van der Waals surface area contributed by atoms with Crippen LogP contribution < -0.4 is 10.6 Å². The lowest BCUT2D eigenvalue weighted by atomic mass is 10.0. The van der Waals surface area contributed by atoms with E-state index in [4.69, 9.17) is 0 Å². The van der Waals surface area contributed by atoms with E-state index in [2.05, 4.69) is 10.6 Å². The van der Waals surface area contributed by atoms with Gasteiger partial charge in [-0.2, -0.15) is 0 Å². The fraction of sp³-hybridized carbons (Fsp3) is 0.308. The van der Waals surface area contributed by atoms with Crippen molar-refractivity contribution in [3.63, 3.8) is 0 Å². The summed E-state index contributed by atoms with van der Waals surface area (Å²) in [5.74, 6) is -0.159. The Morgan fingerprint density at radius 1 is 1.42 bits per heavy atom. The predicted octanol–water partition coefficient (Wildman–Crippen LogP) is 1.76. The predicted molar refractivity (Wildman–Crippen MR) is 72.0 cm³/mol. The van der Waals surface area contributed by atoms with Gasteiger partial charge in [0.05, 0.1) is 4.92 Å². The lowest BCUT2D eigenvalue weighted by molar-refractivity contribution is -0.384. The fourth-order valence-electron chi connectivity index (χ4n) is 1.79. The summed E-state index contributed by atoms with van der Waals surface area (Å²) < 4.78 is 0. The number of nitrogens with zero attached hydrogens (tertiary/aromatic N) is 1. The number of aryl methyl sites for hydroxylation is 1. The van der Waals surface area contributed by atoms with Crippen LogP contribution in [-0.2, 0) is 4.79 Å². The van der Waals surface area contributed by atoms with E-state index in [9.17, 15) is 14.9 Å². The van der Waals surface area contributed by atoms with Crippen molar-refractivity contribution in [1.29, 1.82) is 0 Å². The molecular formula is C13H15N3O3. The van der Waals surface area contributed by atoms with Crippen LogP contribution in [0, 0.1) is 17.0 Å². The molecule has 0 radical (unpaired) electrons. The third kappa shape index (κ3) is 2.79. The average Bonchev–Trinajstić information content (AvgIpc) is 2.29. The molecule has 2 N–H and O–H groups in total. The molecule has 6 heteroatoms. The SMILES string of the molecule is CC(C(=O)Nc1ccc([N+](=O)[O-])cc1C)=C1CNC1. The van der Waals surface area contributed by atoms with Crippen molar-refractivity contribution in [3.05, 3.63) is 45.0 Å². The Balaban J connectivity index is 2.15. The summed E-state index contributed by atoms with van der Waals surface area (Å²) in [6.07, 6.45) is 0. The molecule has 1 amide bonds. The zero-order valence-electron chi connectivity index (χ0n) is 10.8. The van der Waals surface area contributed by atoms with Crippen LogP contribution in [0.25, 0.3) is 0 Å². The van der Waals surface area contributed by atoms with E-state index >= 15 is 0 Å². The van der Waals surface area contributed by atoms with Gasteiger partial charge in [0.25, 0.3) is 11.6 Å². The highest BCUT2D eigenvalue weighted by molar-refractivity contribution is 6.04. The third-order valence-corrected chi connectivity index (χ3v) is 3.22. The molecule has 6 nitrogen and oxygen atoms in total. The zero-order chi connectivity index (χ0) is 14.0.